The number of nitrogens with two attached hydrogens (primary N) is 1. The van der Waals surface area contributed by atoms with Crippen LogP contribution in [0.4, 0.5) is 0 Å². The predicted molar refractivity (Wildman–Crippen MR) is 88.7 cm³/mol. The molecule has 1 saturated heterocycles. The number of ether oxygens (including phenoxy) is 1. The monoisotopic (exact) mass is 290 g/mol. The Morgan fingerprint density at radius 2 is 1.81 bits per heavy atom. The van der Waals surface area contributed by atoms with Crippen molar-refractivity contribution < 1.29 is 4.74 Å². The summed E-state index contributed by atoms with van der Waals surface area (Å²) in [7, 11) is 0. The molecule has 21 heavy (non-hydrogen) atoms. The van der Waals surface area contributed by atoms with Crippen LogP contribution >= 0.6 is 0 Å². The Labute approximate surface area is 129 Å². The van der Waals surface area contributed by atoms with Crippen molar-refractivity contribution in [1.82, 2.24) is 4.90 Å². The highest BCUT2D eigenvalue weighted by Gasteiger charge is 2.27. The van der Waals surface area contributed by atoms with E-state index in [9.17, 15) is 0 Å². The molecule has 1 aromatic rings. The van der Waals surface area contributed by atoms with Gasteiger partial charge in [0.1, 0.15) is 5.75 Å². The molecule has 0 saturated carbocycles. The van der Waals surface area contributed by atoms with E-state index < -0.39 is 0 Å². The molecule has 3 nitrogen and oxygen atoms in total. The predicted octanol–water partition coefficient (Wildman–Crippen LogP) is 3.07. The van der Waals surface area contributed by atoms with E-state index in [1.54, 1.807) is 0 Å². The summed E-state index contributed by atoms with van der Waals surface area (Å²) in [6.07, 6.45) is 2.49. The van der Waals surface area contributed by atoms with Crippen LogP contribution in [-0.4, -0.2) is 37.2 Å². The molecular weight excluding hydrogens is 260 g/mol. The molecule has 0 aliphatic carbocycles. The zero-order valence-corrected chi connectivity index (χ0v) is 13.7. The van der Waals surface area contributed by atoms with Gasteiger partial charge in [0, 0.05) is 12.0 Å². The van der Waals surface area contributed by atoms with Gasteiger partial charge in [-0.3, -0.25) is 0 Å². The van der Waals surface area contributed by atoms with Gasteiger partial charge >= 0.3 is 0 Å². The Kier molecular flexibility index (Phi) is 6.07. The normalized spacial score (nSPS) is 18.9. The molecule has 0 spiro atoms. The van der Waals surface area contributed by atoms with E-state index in [-0.39, 0.29) is 0 Å². The van der Waals surface area contributed by atoms with Crippen LogP contribution < -0.4 is 10.5 Å². The van der Waals surface area contributed by atoms with Crippen LogP contribution in [0.25, 0.3) is 0 Å². The van der Waals surface area contributed by atoms with Gasteiger partial charge in [-0.15, -0.1) is 0 Å². The standard InChI is InChI=1S/C18H30N2O/c1-14(2)20-10-8-16(9-11-20)17(12-19)13-21-18-6-4-15(3)5-7-18/h4-7,14,16-17H,8-13,19H2,1-3H3. The van der Waals surface area contributed by atoms with E-state index in [2.05, 4.69) is 37.8 Å². The van der Waals surface area contributed by atoms with Crippen molar-refractivity contribution in [2.45, 2.75) is 39.7 Å². The third-order valence-corrected chi connectivity index (χ3v) is 4.76. The molecule has 1 heterocycles. The molecule has 3 heteroatoms. The number of likely N-dealkylation sites (tertiary alicyclic amines) is 1. The Morgan fingerprint density at radius 3 is 2.33 bits per heavy atom. The van der Waals surface area contributed by atoms with Crippen LogP contribution in [0.1, 0.15) is 32.3 Å². The summed E-state index contributed by atoms with van der Waals surface area (Å²) in [5.74, 6) is 2.13. The Hall–Kier alpha value is -1.06. The average molecular weight is 290 g/mol. The largest absolute Gasteiger partial charge is 0.493 e. The number of nitrogens with zero attached hydrogens (tertiary/aromatic N) is 1. The summed E-state index contributed by atoms with van der Waals surface area (Å²) in [6.45, 7) is 10.5. The van der Waals surface area contributed by atoms with Gasteiger partial charge < -0.3 is 15.4 Å². The molecule has 1 fully saturated rings. The number of aryl methyl sites for hydroxylation is 1. The molecule has 2 rings (SSSR count). The first kappa shape index (κ1) is 16.3. The van der Waals surface area contributed by atoms with Gasteiger partial charge in [-0.05, 0) is 71.3 Å². The molecule has 1 aliphatic rings. The lowest BCUT2D eigenvalue weighted by atomic mass is 9.84. The number of benzene rings is 1. The van der Waals surface area contributed by atoms with Gasteiger partial charge in [0.05, 0.1) is 6.61 Å². The topological polar surface area (TPSA) is 38.5 Å². The molecular formula is C18H30N2O. The highest BCUT2D eigenvalue weighted by atomic mass is 16.5. The van der Waals surface area contributed by atoms with Crippen molar-refractivity contribution in [3.8, 4) is 5.75 Å². The maximum atomic E-state index is 5.99. The third kappa shape index (κ3) is 4.72. The van der Waals surface area contributed by atoms with Crippen molar-refractivity contribution >= 4 is 0 Å². The van der Waals surface area contributed by atoms with Crippen LogP contribution in [0.15, 0.2) is 24.3 Å². The first-order valence-corrected chi connectivity index (χ1v) is 8.23. The lowest BCUT2D eigenvalue weighted by Gasteiger charge is -2.37. The number of hydrogen-bond donors (Lipinski definition) is 1. The first-order chi connectivity index (χ1) is 10.1. The van der Waals surface area contributed by atoms with E-state index in [0.29, 0.717) is 17.9 Å². The summed E-state index contributed by atoms with van der Waals surface area (Å²) in [5, 5.41) is 0. The second kappa shape index (κ2) is 7.81. The van der Waals surface area contributed by atoms with E-state index in [1.165, 1.54) is 31.5 Å². The van der Waals surface area contributed by atoms with Crippen LogP contribution in [0, 0.1) is 18.8 Å². The van der Waals surface area contributed by atoms with E-state index in [0.717, 1.165) is 18.9 Å². The molecule has 1 aromatic carbocycles. The quantitative estimate of drug-likeness (QED) is 0.875. The molecule has 1 unspecified atom stereocenters. The van der Waals surface area contributed by atoms with Crippen LogP contribution in [-0.2, 0) is 0 Å². The summed E-state index contributed by atoms with van der Waals surface area (Å²) in [6, 6.07) is 8.93. The third-order valence-electron chi connectivity index (χ3n) is 4.76. The molecule has 118 valence electrons. The molecule has 0 bridgehead atoms. The summed E-state index contributed by atoms with van der Waals surface area (Å²) >= 11 is 0. The lowest BCUT2D eigenvalue weighted by molar-refractivity contribution is 0.101. The minimum absolute atomic E-state index is 0.473. The fourth-order valence-electron chi connectivity index (χ4n) is 3.14. The Bertz CT molecular complexity index is 408. The van der Waals surface area contributed by atoms with Gasteiger partial charge in [-0.1, -0.05) is 17.7 Å². The lowest BCUT2D eigenvalue weighted by Crippen LogP contribution is -2.42. The molecule has 1 aliphatic heterocycles. The minimum Gasteiger partial charge on any atom is -0.493 e. The van der Waals surface area contributed by atoms with Gasteiger partial charge in [0.15, 0.2) is 0 Å². The molecule has 2 N–H and O–H groups in total. The molecule has 0 aromatic heterocycles. The van der Waals surface area contributed by atoms with Crippen molar-refractivity contribution in [3.63, 3.8) is 0 Å². The van der Waals surface area contributed by atoms with Crippen molar-refractivity contribution in [3.05, 3.63) is 29.8 Å². The molecule has 0 radical (unpaired) electrons. The number of hydrogen-bond acceptors (Lipinski definition) is 3. The summed E-state index contributed by atoms with van der Waals surface area (Å²) in [4.78, 5) is 2.56. The Morgan fingerprint density at radius 1 is 1.19 bits per heavy atom. The maximum Gasteiger partial charge on any atom is 0.119 e. The number of rotatable bonds is 6. The van der Waals surface area contributed by atoms with Crippen LogP contribution in [0.3, 0.4) is 0 Å². The average Bonchev–Trinajstić information content (AvgIpc) is 2.50. The maximum absolute atomic E-state index is 5.99. The zero-order valence-electron chi connectivity index (χ0n) is 13.7. The fourth-order valence-corrected chi connectivity index (χ4v) is 3.14. The van der Waals surface area contributed by atoms with Gasteiger partial charge in [0.2, 0.25) is 0 Å². The van der Waals surface area contributed by atoms with Gasteiger partial charge in [-0.25, -0.2) is 0 Å². The molecule has 0 amide bonds. The van der Waals surface area contributed by atoms with E-state index >= 15 is 0 Å². The highest BCUT2D eigenvalue weighted by molar-refractivity contribution is 5.26. The second-order valence-electron chi connectivity index (χ2n) is 6.59. The van der Waals surface area contributed by atoms with Crippen molar-refractivity contribution in [2.75, 3.05) is 26.2 Å². The number of piperidine rings is 1. The summed E-state index contributed by atoms with van der Waals surface area (Å²) < 4.78 is 5.95. The molecule has 1 atom stereocenters. The summed E-state index contributed by atoms with van der Waals surface area (Å²) in [5.41, 5.74) is 7.26. The SMILES string of the molecule is Cc1ccc(OCC(CN)C2CCN(C(C)C)CC2)cc1. The second-order valence-corrected chi connectivity index (χ2v) is 6.59. The van der Waals surface area contributed by atoms with Crippen LogP contribution in [0.2, 0.25) is 0 Å². The van der Waals surface area contributed by atoms with Gasteiger partial charge in [-0.2, -0.15) is 0 Å². The Balaban J connectivity index is 1.82. The van der Waals surface area contributed by atoms with E-state index in [1.807, 2.05) is 12.1 Å². The first-order valence-electron chi connectivity index (χ1n) is 8.23. The smallest absolute Gasteiger partial charge is 0.119 e. The fraction of sp³-hybridized carbons (Fsp3) is 0.667. The van der Waals surface area contributed by atoms with E-state index in [4.69, 9.17) is 10.5 Å². The van der Waals surface area contributed by atoms with Gasteiger partial charge in [0.25, 0.3) is 0 Å². The zero-order chi connectivity index (χ0) is 15.2. The van der Waals surface area contributed by atoms with Crippen molar-refractivity contribution in [1.29, 1.82) is 0 Å². The van der Waals surface area contributed by atoms with Crippen LogP contribution in [0.5, 0.6) is 5.75 Å². The highest BCUT2D eigenvalue weighted by Crippen LogP contribution is 2.26. The minimum atomic E-state index is 0.473. The van der Waals surface area contributed by atoms with Crippen molar-refractivity contribution in [2.24, 2.45) is 17.6 Å².